The van der Waals surface area contributed by atoms with Gasteiger partial charge in [-0.3, -0.25) is 14.4 Å². The number of carboxylic acid groups (broad SMARTS) is 1. The molecular weight excluding hydrogens is 520 g/mol. The Bertz CT molecular complexity index is 1230. The van der Waals surface area contributed by atoms with E-state index in [0.29, 0.717) is 17.9 Å². The molecule has 2 saturated heterocycles. The molecule has 1 N–H and O–H groups in total. The average Bonchev–Trinajstić information content (AvgIpc) is 3.67. The molecule has 1 aliphatic carbocycles. The second-order valence-electron chi connectivity index (χ2n) is 12.7. The SMILES string of the molecule is CCc1cc(Cc2ccccc2)nn1C1CCN(C)CC1.O=C(O)C(C1CCCCC1)N1CC[C@@H](c2ccccc2)C1. The topological polar surface area (TPSA) is 61.6 Å². The van der Waals surface area contributed by atoms with Crippen molar-refractivity contribution in [2.45, 2.75) is 89.1 Å². The third-order valence-electron chi connectivity index (χ3n) is 9.72. The zero-order valence-corrected chi connectivity index (χ0v) is 25.7. The molecule has 6 rings (SSSR count). The van der Waals surface area contributed by atoms with Crippen molar-refractivity contribution >= 4 is 5.97 Å². The Labute approximate surface area is 252 Å². The highest BCUT2D eigenvalue weighted by Crippen LogP contribution is 2.34. The first-order chi connectivity index (χ1) is 20.5. The van der Waals surface area contributed by atoms with Crippen molar-refractivity contribution in [3.63, 3.8) is 0 Å². The number of benzene rings is 2. The molecule has 0 amide bonds. The number of rotatable bonds is 8. The maximum absolute atomic E-state index is 11.8. The van der Waals surface area contributed by atoms with Gasteiger partial charge in [0.25, 0.3) is 0 Å². The van der Waals surface area contributed by atoms with Crippen LogP contribution in [0.5, 0.6) is 0 Å². The van der Waals surface area contributed by atoms with Gasteiger partial charge in [-0.05, 0) is 94.2 Å². The van der Waals surface area contributed by atoms with Crippen molar-refractivity contribution in [1.82, 2.24) is 19.6 Å². The predicted molar refractivity (Wildman–Crippen MR) is 170 cm³/mol. The number of hydrogen-bond acceptors (Lipinski definition) is 4. The first-order valence-electron chi connectivity index (χ1n) is 16.3. The quantitative estimate of drug-likeness (QED) is 0.322. The molecule has 0 radical (unpaired) electrons. The zero-order chi connectivity index (χ0) is 29.3. The van der Waals surface area contributed by atoms with Crippen LogP contribution in [-0.2, 0) is 17.6 Å². The van der Waals surface area contributed by atoms with E-state index >= 15 is 0 Å². The molecule has 3 aliphatic rings. The van der Waals surface area contributed by atoms with Crippen molar-refractivity contribution in [3.8, 4) is 0 Å². The van der Waals surface area contributed by atoms with Crippen LogP contribution in [0.15, 0.2) is 66.7 Å². The summed E-state index contributed by atoms with van der Waals surface area (Å²) in [5, 5.41) is 14.6. The number of aromatic nitrogens is 2. The fourth-order valence-corrected chi connectivity index (χ4v) is 7.34. The predicted octanol–water partition coefficient (Wildman–Crippen LogP) is 6.81. The molecule has 226 valence electrons. The number of piperidine rings is 1. The molecule has 2 aromatic carbocycles. The molecule has 3 heterocycles. The lowest BCUT2D eigenvalue weighted by Gasteiger charge is -2.33. The van der Waals surface area contributed by atoms with Gasteiger partial charge < -0.3 is 10.0 Å². The van der Waals surface area contributed by atoms with Crippen molar-refractivity contribution < 1.29 is 9.90 Å². The summed E-state index contributed by atoms with van der Waals surface area (Å²) in [7, 11) is 2.21. The Morgan fingerprint density at radius 1 is 0.905 bits per heavy atom. The molecule has 1 aromatic heterocycles. The summed E-state index contributed by atoms with van der Waals surface area (Å²) in [6.45, 7) is 6.42. The van der Waals surface area contributed by atoms with E-state index in [2.05, 4.69) is 89.1 Å². The van der Waals surface area contributed by atoms with Crippen molar-refractivity contribution in [2.24, 2.45) is 5.92 Å². The summed E-state index contributed by atoms with van der Waals surface area (Å²) < 4.78 is 2.31. The Balaban J connectivity index is 0.000000168. The third-order valence-corrected chi connectivity index (χ3v) is 9.72. The lowest BCUT2D eigenvalue weighted by Crippen LogP contribution is -2.45. The smallest absolute Gasteiger partial charge is 0.321 e. The van der Waals surface area contributed by atoms with Crippen LogP contribution in [0.2, 0.25) is 0 Å². The first kappa shape index (κ1) is 30.5. The van der Waals surface area contributed by atoms with E-state index in [1.54, 1.807) is 0 Å². The fourth-order valence-electron chi connectivity index (χ4n) is 7.34. The molecule has 2 aliphatic heterocycles. The minimum Gasteiger partial charge on any atom is -0.480 e. The zero-order valence-electron chi connectivity index (χ0n) is 25.7. The van der Waals surface area contributed by atoms with Crippen LogP contribution < -0.4 is 0 Å². The Morgan fingerprint density at radius 2 is 1.57 bits per heavy atom. The van der Waals surface area contributed by atoms with Crippen LogP contribution in [0, 0.1) is 5.92 Å². The number of carbonyl (C=O) groups is 1. The van der Waals surface area contributed by atoms with Gasteiger partial charge in [-0.2, -0.15) is 5.10 Å². The highest BCUT2D eigenvalue weighted by Gasteiger charge is 2.38. The van der Waals surface area contributed by atoms with Gasteiger partial charge in [0.15, 0.2) is 0 Å². The monoisotopic (exact) mass is 570 g/mol. The van der Waals surface area contributed by atoms with E-state index in [1.807, 2.05) is 6.07 Å². The van der Waals surface area contributed by atoms with Gasteiger partial charge in [0.2, 0.25) is 0 Å². The fraction of sp³-hybridized carbons (Fsp3) is 0.556. The van der Waals surface area contributed by atoms with Crippen LogP contribution in [0.25, 0.3) is 0 Å². The molecule has 6 nitrogen and oxygen atoms in total. The number of aryl methyl sites for hydroxylation is 1. The second-order valence-corrected chi connectivity index (χ2v) is 12.7. The van der Waals surface area contributed by atoms with Gasteiger partial charge in [-0.15, -0.1) is 0 Å². The average molecular weight is 571 g/mol. The lowest BCUT2D eigenvalue weighted by atomic mass is 9.83. The van der Waals surface area contributed by atoms with Gasteiger partial charge in [0.1, 0.15) is 6.04 Å². The largest absolute Gasteiger partial charge is 0.480 e. The molecule has 0 bridgehead atoms. The number of aliphatic carboxylic acids is 1. The second kappa shape index (κ2) is 15.0. The number of hydrogen-bond donors (Lipinski definition) is 1. The molecule has 3 aromatic rings. The van der Waals surface area contributed by atoms with E-state index in [4.69, 9.17) is 5.10 Å². The van der Waals surface area contributed by atoms with Crippen LogP contribution >= 0.6 is 0 Å². The van der Waals surface area contributed by atoms with E-state index in [9.17, 15) is 9.90 Å². The number of likely N-dealkylation sites (tertiary alicyclic amines) is 2. The minimum atomic E-state index is -0.615. The van der Waals surface area contributed by atoms with E-state index < -0.39 is 5.97 Å². The maximum Gasteiger partial charge on any atom is 0.321 e. The summed E-state index contributed by atoms with van der Waals surface area (Å²) in [5.74, 6) is 0.234. The van der Waals surface area contributed by atoms with Crippen LogP contribution in [0.3, 0.4) is 0 Å². The van der Waals surface area contributed by atoms with Crippen LogP contribution in [0.4, 0.5) is 0 Å². The third kappa shape index (κ3) is 7.90. The Morgan fingerprint density at radius 3 is 2.21 bits per heavy atom. The summed E-state index contributed by atoms with van der Waals surface area (Å²) in [6, 6.07) is 23.8. The van der Waals surface area contributed by atoms with Gasteiger partial charge in [0, 0.05) is 18.7 Å². The standard InChI is InChI=1S/C18H25N3.C18H25NO2/c1-3-17-14-16(13-15-7-5-4-6-8-15)19-21(17)18-9-11-20(2)12-10-18;20-18(21)17(15-9-5-2-6-10-15)19-12-11-16(13-19)14-7-3-1-4-8-14/h4-8,14,18H,3,9-13H2,1-2H3;1,3-4,7-8,15-17H,2,5-6,9-13H2,(H,20,21)/t;16-,17?/m.1/s1. The van der Waals surface area contributed by atoms with Gasteiger partial charge in [0.05, 0.1) is 11.7 Å². The van der Waals surface area contributed by atoms with Gasteiger partial charge in [-0.1, -0.05) is 86.8 Å². The molecule has 2 atom stereocenters. The molecule has 1 saturated carbocycles. The van der Waals surface area contributed by atoms with Crippen molar-refractivity contribution in [2.75, 3.05) is 33.2 Å². The Hall–Kier alpha value is -2.96. The normalized spacial score (nSPS) is 21.5. The summed E-state index contributed by atoms with van der Waals surface area (Å²) in [6.07, 6.45) is 11.4. The Kier molecular flexibility index (Phi) is 10.9. The first-order valence-corrected chi connectivity index (χ1v) is 16.3. The molecule has 6 heteroatoms. The summed E-state index contributed by atoms with van der Waals surface area (Å²) in [5.41, 5.74) is 5.29. The molecule has 0 spiro atoms. The van der Waals surface area contributed by atoms with E-state index in [-0.39, 0.29) is 6.04 Å². The lowest BCUT2D eigenvalue weighted by molar-refractivity contribution is -0.145. The van der Waals surface area contributed by atoms with Gasteiger partial charge in [-0.25, -0.2) is 0 Å². The summed E-state index contributed by atoms with van der Waals surface area (Å²) >= 11 is 0. The van der Waals surface area contributed by atoms with Crippen molar-refractivity contribution in [3.05, 3.63) is 89.2 Å². The molecule has 1 unspecified atom stereocenters. The maximum atomic E-state index is 11.8. The number of carboxylic acids is 1. The van der Waals surface area contributed by atoms with Crippen molar-refractivity contribution in [1.29, 1.82) is 0 Å². The summed E-state index contributed by atoms with van der Waals surface area (Å²) in [4.78, 5) is 16.4. The van der Waals surface area contributed by atoms with E-state index in [0.717, 1.165) is 45.2 Å². The molecule has 3 fully saturated rings. The van der Waals surface area contributed by atoms with Crippen LogP contribution in [-0.4, -0.2) is 69.9 Å². The molecule has 42 heavy (non-hydrogen) atoms. The minimum absolute atomic E-state index is 0.265. The number of nitrogens with zero attached hydrogens (tertiary/aromatic N) is 4. The van der Waals surface area contributed by atoms with Crippen LogP contribution in [0.1, 0.15) is 92.8 Å². The van der Waals surface area contributed by atoms with E-state index in [1.165, 1.54) is 67.7 Å². The molecular formula is C36H50N4O2. The van der Waals surface area contributed by atoms with Gasteiger partial charge >= 0.3 is 5.97 Å². The highest BCUT2D eigenvalue weighted by atomic mass is 16.4. The highest BCUT2D eigenvalue weighted by molar-refractivity contribution is 5.74.